The highest BCUT2D eigenvalue weighted by atomic mass is 35.5. The number of nitrogens with zero attached hydrogens (tertiary/aromatic N) is 1. The van der Waals surface area contributed by atoms with Crippen LogP contribution < -0.4 is 15.5 Å². The van der Waals surface area contributed by atoms with Gasteiger partial charge in [-0.25, -0.2) is 9.59 Å². The summed E-state index contributed by atoms with van der Waals surface area (Å²) in [6.07, 6.45) is 11.7. The Labute approximate surface area is 266 Å². The Hall–Kier alpha value is -2.78. The number of aliphatic carboxylic acids is 2. The van der Waals surface area contributed by atoms with E-state index < -0.39 is 23.9 Å². The fraction of sp³-hybridized carbons (Fsp3) is 0.625. The van der Waals surface area contributed by atoms with E-state index in [-0.39, 0.29) is 29.9 Å². The molecule has 0 heterocycles. The van der Waals surface area contributed by atoms with Gasteiger partial charge in [0.1, 0.15) is 0 Å². The molecular weight excluding hydrogens is 593 g/mol. The number of anilines is 1. The Morgan fingerprint density at radius 1 is 0.814 bits per heavy atom. The molecule has 2 amide bonds. The van der Waals surface area contributed by atoms with E-state index in [1.54, 1.807) is 24.3 Å². The van der Waals surface area contributed by atoms with E-state index in [0.29, 0.717) is 37.0 Å². The molecule has 1 unspecified atom stereocenters. The van der Waals surface area contributed by atoms with Crippen LogP contribution in [0.15, 0.2) is 35.4 Å². The number of benzene rings is 1. The van der Waals surface area contributed by atoms with Crippen LogP contribution in [0.3, 0.4) is 0 Å². The van der Waals surface area contributed by atoms with Crippen LogP contribution in [0.1, 0.15) is 103 Å². The van der Waals surface area contributed by atoms with Gasteiger partial charge < -0.3 is 25.7 Å². The number of halogens is 2. The van der Waals surface area contributed by atoms with Gasteiger partial charge in [-0.15, -0.1) is 23.2 Å². The van der Waals surface area contributed by atoms with Crippen molar-refractivity contribution in [3.05, 3.63) is 41.0 Å². The van der Waals surface area contributed by atoms with Crippen LogP contribution in [0.5, 0.6) is 0 Å². The monoisotopic (exact) mass is 641 g/mol. The van der Waals surface area contributed by atoms with E-state index in [9.17, 15) is 29.4 Å². The largest absolute Gasteiger partial charge is 0.479 e. The lowest BCUT2D eigenvalue weighted by atomic mass is 10.0. The van der Waals surface area contributed by atoms with Gasteiger partial charge in [0.25, 0.3) is 0 Å². The molecule has 43 heavy (non-hydrogen) atoms. The minimum Gasteiger partial charge on any atom is -0.479 e. The summed E-state index contributed by atoms with van der Waals surface area (Å²) >= 11 is 11.7. The average Bonchev–Trinajstić information content (AvgIpc) is 2.98. The summed E-state index contributed by atoms with van der Waals surface area (Å²) in [5.41, 5.74) is 0.728. The van der Waals surface area contributed by atoms with Gasteiger partial charge in [0.2, 0.25) is 11.8 Å². The van der Waals surface area contributed by atoms with Crippen LogP contribution in [0.2, 0.25) is 0 Å². The molecule has 0 aromatic heterocycles. The smallest absolute Gasteiger partial charge is 0.331 e. The molecule has 0 aliphatic rings. The first-order chi connectivity index (χ1) is 20.7. The number of carboxylic acids is 2. The lowest BCUT2D eigenvalue weighted by Gasteiger charge is -2.24. The van der Waals surface area contributed by atoms with E-state index >= 15 is 0 Å². The number of nitrogens with one attached hydrogen (secondary N) is 2. The van der Waals surface area contributed by atoms with Crippen molar-refractivity contribution in [2.75, 3.05) is 36.3 Å². The fourth-order valence-corrected chi connectivity index (χ4v) is 5.13. The number of carbonyl (C=O) groups is 4. The Kier molecular flexibility index (Phi) is 20.2. The number of hydrogen-bond acceptors (Lipinski definition) is 5. The third-order valence-corrected chi connectivity index (χ3v) is 7.66. The summed E-state index contributed by atoms with van der Waals surface area (Å²) in [7, 11) is 0. The lowest BCUT2D eigenvalue weighted by molar-refractivity contribution is -0.141. The van der Waals surface area contributed by atoms with Gasteiger partial charge in [0.05, 0.1) is 0 Å². The topological polar surface area (TPSA) is 136 Å². The van der Waals surface area contributed by atoms with Gasteiger partial charge in [-0.05, 0) is 37.5 Å². The number of alkyl halides is 2. The Balaban J connectivity index is 2.69. The maximum atomic E-state index is 13.1. The standard InChI is InChI=1S/C32H49Cl2N3O6/c1-3-4-5-6-7-8-9-10-11-12-21-35-28(38)18-17-27(24(2)31(40)41)30(39)36-29(32(42)43)25-13-15-26(16-14-25)37(22-19-33)23-20-34/h13-16,29H,3-12,17-23H2,1-2H3,(H,35,38)(H,36,39)(H,40,41)(H,42,43)/b27-24-. The number of carboxylic acid groups (broad SMARTS) is 2. The molecule has 1 aromatic rings. The molecule has 1 aromatic carbocycles. The number of carbonyl (C=O) groups excluding carboxylic acids is 2. The number of hydrogen-bond donors (Lipinski definition) is 4. The fourth-order valence-electron chi connectivity index (χ4n) is 4.73. The predicted octanol–water partition coefficient (Wildman–Crippen LogP) is 6.43. The summed E-state index contributed by atoms with van der Waals surface area (Å²) in [5.74, 6) is -2.97. The molecule has 1 atom stereocenters. The third kappa shape index (κ3) is 15.5. The van der Waals surface area contributed by atoms with Crippen LogP contribution >= 0.6 is 23.2 Å². The third-order valence-electron chi connectivity index (χ3n) is 7.32. The van der Waals surface area contributed by atoms with Crippen LogP contribution in [0, 0.1) is 0 Å². The maximum absolute atomic E-state index is 13.1. The highest BCUT2D eigenvalue weighted by molar-refractivity contribution is 6.18. The second-order valence-corrected chi connectivity index (χ2v) is 11.4. The van der Waals surface area contributed by atoms with Gasteiger partial charge in [0, 0.05) is 54.6 Å². The number of unbranched alkanes of at least 4 members (excludes halogenated alkanes) is 9. The molecular formula is C32H49Cl2N3O6. The highest BCUT2D eigenvalue weighted by Gasteiger charge is 2.26. The number of amides is 2. The quantitative estimate of drug-likeness (QED) is 0.0580. The van der Waals surface area contributed by atoms with Crippen molar-refractivity contribution >= 4 is 52.6 Å². The van der Waals surface area contributed by atoms with Crippen molar-refractivity contribution in [1.29, 1.82) is 0 Å². The first kappa shape index (κ1) is 38.2. The van der Waals surface area contributed by atoms with E-state index in [0.717, 1.165) is 24.9 Å². The second kappa shape index (κ2) is 22.7. The molecule has 0 aliphatic heterocycles. The van der Waals surface area contributed by atoms with Crippen LogP contribution in [-0.4, -0.2) is 65.4 Å². The Morgan fingerprint density at radius 3 is 1.84 bits per heavy atom. The molecule has 0 spiro atoms. The summed E-state index contributed by atoms with van der Waals surface area (Å²) in [6.45, 7) is 5.11. The zero-order valence-electron chi connectivity index (χ0n) is 25.6. The van der Waals surface area contributed by atoms with Crippen LogP contribution in [-0.2, 0) is 19.2 Å². The van der Waals surface area contributed by atoms with Crippen molar-refractivity contribution in [2.24, 2.45) is 0 Å². The molecule has 4 N–H and O–H groups in total. The first-order valence-electron chi connectivity index (χ1n) is 15.4. The summed E-state index contributed by atoms with van der Waals surface area (Å²) in [5, 5.41) is 24.6. The molecule has 0 fully saturated rings. The van der Waals surface area contributed by atoms with Gasteiger partial charge in [-0.2, -0.15) is 0 Å². The van der Waals surface area contributed by atoms with Crippen molar-refractivity contribution in [1.82, 2.24) is 10.6 Å². The minimum absolute atomic E-state index is 0.0887. The van der Waals surface area contributed by atoms with Crippen molar-refractivity contribution < 1.29 is 29.4 Å². The zero-order chi connectivity index (χ0) is 32.0. The summed E-state index contributed by atoms with van der Waals surface area (Å²) < 4.78 is 0. The molecule has 0 saturated heterocycles. The minimum atomic E-state index is -1.42. The van der Waals surface area contributed by atoms with E-state index in [2.05, 4.69) is 17.6 Å². The van der Waals surface area contributed by atoms with Crippen molar-refractivity contribution in [3.8, 4) is 0 Å². The van der Waals surface area contributed by atoms with Gasteiger partial charge in [-0.1, -0.05) is 76.8 Å². The second-order valence-electron chi connectivity index (χ2n) is 10.6. The summed E-state index contributed by atoms with van der Waals surface area (Å²) in [4.78, 5) is 51.3. The van der Waals surface area contributed by atoms with Crippen LogP contribution in [0.25, 0.3) is 0 Å². The normalized spacial score (nSPS) is 12.3. The molecule has 242 valence electrons. The molecule has 0 radical (unpaired) electrons. The number of rotatable bonds is 24. The molecule has 9 nitrogen and oxygen atoms in total. The molecule has 0 bridgehead atoms. The van der Waals surface area contributed by atoms with Crippen molar-refractivity contribution in [3.63, 3.8) is 0 Å². The van der Waals surface area contributed by atoms with E-state index in [1.807, 2.05) is 4.90 Å². The zero-order valence-corrected chi connectivity index (χ0v) is 27.1. The van der Waals surface area contributed by atoms with Gasteiger partial charge >= 0.3 is 11.9 Å². The predicted molar refractivity (Wildman–Crippen MR) is 173 cm³/mol. The Bertz CT molecular complexity index is 1030. The highest BCUT2D eigenvalue weighted by Crippen LogP contribution is 2.22. The SMILES string of the molecule is CCCCCCCCCCCCNC(=O)CC/C(C(=O)NC(C(=O)O)c1ccc(N(CCCl)CCCl)cc1)=C(\C)C(=O)O. The molecule has 0 saturated carbocycles. The van der Waals surface area contributed by atoms with Gasteiger partial charge in [0.15, 0.2) is 6.04 Å². The molecule has 0 aliphatic carbocycles. The molecule has 1 rings (SSSR count). The van der Waals surface area contributed by atoms with Crippen molar-refractivity contribution in [2.45, 2.75) is 96.9 Å². The maximum Gasteiger partial charge on any atom is 0.331 e. The van der Waals surface area contributed by atoms with Gasteiger partial charge in [-0.3, -0.25) is 9.59 Å². The Morgan fingerprint density at radius 2 is 1.35 bits per heavy atom. The van der Waals surface area contributed by atoms with E-state index in [4.69, 9.17) is 23.2 Å². The average molecular weight is 643 g/mol. The first-order valence-corrected chi connectivity index (χ1v) is 16.4. The lowest BCUT2D eigenvalue weighted by Crippen LogP contribution is -2.36. The van der Waals surface area contributed by atoms with E-state index in [1.165, 1.54) is 51.9 Å². The van der Waals surface area contributed by atoms with Crippen LogP contribution in [0.4, 0.5) is 5.69 Å². The summed E-state index contributed by atoms with van der Waals surface area (Å²) in [6, 6.07) is 5.18. The molecule has 11 heteroatoms.